The van der Waals surface area contributed by atoms with Gasteiger partial charge in [0.15, 0.2) is 0 Å². The lowest BCUT2D eigenvalue weighted by atomic mass is 10.1. The molecule has 0 aliphatic carbocycles. The number of hydrogen-bond donors (Lipinski definition) is 2. The number of nitrogen functional groups attached to an aromatic ring is 1. The van der Waals surface area contributed by atoms with Crippen molar-refractivity contribution in [3.05, 3.63) is 52.8 Å². The van der Waals surface area contributed by atoms with Crippen molar-refractivity contribution in [2.24, 2.45) is 0 Å². The minimum Gasteiger partial charge on any atom is -0.399 e. The predicted molar refractivity (Wildman–Crippen MR) is 70.5 cm³/mol. The van der Waals surface area contributed by atoms with Gasteiger partial charge in [-0.25, -0.2) is 4.39 Å². The van der Waals surface area contributed by atoms with Gasteiger partial charge in [-0.3, -0.25) is 0 Å². The molecule has 0 unspecified atom stereocenters. The number of anilines is 3. The van der Waals surface area contributed by atoms with Crippen molar-refractivity contribution < 1.29 is 17.6 Å². The van der Waals surface area contributed by atoms with Crippen LogP contribution in [0.3, 0.4) is 0 Å². The van der Waals surface area contributed by atoms with Gasteiger partial charge in [0.2, 0.25) is 0 Å². The monoisotopic (exact) mass is 304 g/mol. The number of hydrogen-bond acceptors (Lipinski definition) is 2. The highest BCUT2D eigenvalue weighted by Crippen LogP contribution is 2.34. The van der Waals surface area contributed by atoms with E-state index in [0.29, 0.717) is 17.8 Å². The van der Waals surface area contributed by atoms with Gasteiger partial charge in [-0.2, -0.15) is 13.2 Å². The van der Waals surface area contributed by atoms with Crippen LogP contribution >= 0.6 is 11.6 Å². The number of nitrogens with one attached hydrogen (secondary N) is 1. The molecule has 0 aliphatic rings. The first kappa shape index (κ1) is 14.5. The summed E-state index contributed by atoms with van der Waals surface area (Å²) < 4.78 is 51.3. The standard InChI is InChI=1S/C13H9ClF4N2/c14-9-6-8(19)2-4-11(9)20-12-5-7(13(16,17)18)1-3-10(12)15/h1-6,20H,19H2. The minimum absolute atomic E-state index is 0.182. The van der Waals surface area contributed by atoms with E-state index in [4.69, 9.17) is 17.3 Å². The zero-order valence-corrected chi connectivity index (χ0v) is 10.7. The molecule has 0 aliphatic heterocycles. The Hall–Kier alpha value is -1.95. The summed E-state index contributed by atoms with van der Waals surface area (Å²) in [6.07, 6.45) is -4.55. The summed E-state index contributed by atoms with van der Waals surface area (Å²) in [5.74, 6) is -0.814. The molecule has 7 heteroatoms. The Morgan fingerprint density at radius 3 is 2.30 bits per heavy atom. The fourth-order valence-corrected chi connectivity index (χ4v) is 1.81. The normalized spacial score (nSPS) is 11.4. The summed E-state index contributed by atoms with van der Waals surface area (Å²) in [7, 11) is 0. The van der Waals surface area contributed by atoms with E-state index in [-0.39, 0.29) is 16.4 Å². The third-order valence-corrected chi connectivity index (χ3v) is 2.87. The Labute approximate surface area is 117 Å². The van der Waals surface area contributed by atoms with Gasteiger partial charge in [0, 0.05) is 5.69 Å². The Morgan fingerprint density at radius 1 is 1.00 bits per heavy atom. The summed E-state index contributed by atoms with van der Waals surface area (Å²) in [5.41, 5.74) is 4.89. The summed E-state index contributed by atoms with van der Waals surface area (Å²) in [6.45, 7) is 0. The van der Waals surface area contributed by atoms with Gasteiger partial charge in [0.1, 0.15) is 5.82 Å². The number of benzene rings is 2. The van der Waals surface area contributed by atoms with Gasteiger partial charge in [-0.05, 0) is 36.4 Å². The topological polar surface area (TPSA) is 38.0 Å². The van der Waals surface area contributed by atoms with Crippen LogP contribution in [0.2, 0.25) is 5.02 Å². The van der Waals surface area contributed by atoms with Gasteiger partial charge < -0.3 is 11.1 Å². The van der Waals surface area contributed by atoms with Gasteiger partial charge in [0.25, 0.3) is 0 Å². The molecule has 20 heavy (non-hydrogen) atoms. The second kappa shape index (κ2) is 5.20. The molecule has 2 aromatic carbocycles. The molecule has 0 fully saturated rings. The lowest BCUT2D eigenvalue weighted by molar-refractivity contribution is -0.137. The van der Waals surface area contributed by atoms with Crippen LogP contribution in [-0.4, -0.2) is 0 Å². The zero-order valence-electron chi connectivity index (χ0n) is 9.93. The van der Waals surface area contributed by atoms with Gasteiger partial charge in [0.05, 0.1) is 22.0 Å². The molecule has 0 amide bonds. The fraction of sp³-hybridized carbons (Fsp3) is 0.0769. The second-order valence-electron chi connectivity index (χ2n) is 4.06. The van der Waals surface area contributed by atoms with E-state index in [9.17, 15) is 17.6 Å². The van der Waals surface area contributed by atoms with Crippen LogP contribution in [0.1, 0.15) is 5.56 Å². The van der Waals surface area contributed by atoms with Crippen molar-refractivity contribution >= 4 is 28.7 Å². The van der Waals surface area contributed by atoms with Crippen LogP contribution < -0.4 is 11.1 Å². The van der Waals surface area contributed by atoms with E-state index >= 15 is 0 Å². The Kier molecular flexibility index (Phi) is 3.76. The van der Waals surface area contributed by atoms with E-state index in [1.54, 1.807) is 0 Å². The molecule has 2 aromatic rings. The Morgan fingerprint density at radius 2 is 1.70 bits per heavy atom. The second-order valence-corrected chi connectivity index (χ2v) is 4.46. The molecule has 0 heterocycles. The third kappa shape index (κ3) is 3.14. The largest absolute Gasteiger partial charge is 0.416 e. The highest BCUT2D eigenvalue weighted by Gasteiger charge is 2.31. The Balaban J connectivity index is 2.38. The van der Waals surface area contributed by atoms with Crippen LogP contribution in [0.25, 0.3) is 0 Å². The average Bonchev–Trinajstić information content (AvgIpc) is 2.33. The van der Waals surface area contributed by atoms with Crippen molar-refractivity contribution in [3.63, 3.8) is 0 Å². The zero-order chi connectivity index (χ0) is 14.9. The van der Waals surface area contributed by atoms with Crippen LogP contribution in [0.4, 0.5) is 34.6 Å². The van der Waals surface area contributed by atoms with Crippen LogP contribution in [0.5, 0.6) is 0 Å². The number of nitrogens with two attached hydrogens (primary N) is 1. The first-order valence-electron chi connectivity index (χ1n) is 5.46. The maximum atomic E-state index is 13.6. The van der Waals surface area contributed by atoms with Crippen molar-refractivity contribution in [2.45, 2.75) is 6.18 Å². The van der Waals surface area contributed by atoms with E-state index < -0.39 is 17.6 Å². The van der Waals surface area contributed by atoms with Crippen molar-refractivity contribution in [3.8, 4) is 0 Å². The molecular weight excluding hydrogens is 296 g/mol. The Bertz CT molecular complexity index is 641. The van der Waals surface area contributed by atoms with Crippen LogP contribution in [-0.2, 0) is 6.18 Å². The van der Waals surface area contributed by atoms with Crippen molar-refractivity contribution in [2.75, 3.05) is 11.1 Å². The fourth-order valence-electron chi connectivity index (χ4n) is 1.58. The van der Waals surface area contributed by atoms with Crippen LogP contribution in [0.15, 0.2) is 36.4 Å². The molecule has 0 saturated carbocycles. The van der Waals surface area contributed by atoms with E-state index in [1.165, 1.54) is 18.2 Å². The van der Waals surface area contributed by atoms with E-state index in [0.717, 1.165) is 6.07 Å². The molecule has 0 radical (unpaired) electrons. The molecule has 0 atom stereocenters. The molecule has 0 saturated heterocycles. The molecule has 106 valence electrons. The third-order valence-electron chi connectivity index (χ3n) is 2.56. The number of alkyl halides is 3. The summed E-state index contributed by atoms with van der Waals surface area (Å²) in [6, 6.07) is 6.47. The summed E-state index contributed by atoms with van der Waals surface area (Å²) in [4.78, 5) is 0. The summed E-state index contributed by atoms with van der Waals surface area (Å²) >= 11 is 5.87. The average molecular weight is 305 g/mol. The lowest BCUT2D eigenvalue weighted by Gasteiger charge is -2.13. The van der Waals surface area contributed by atoms with Crippen molar-refractivity contribution in [1.82, 2.24) is 0 Å². The maximum Gasteiger partial charge on any atom is 0.416 e. The van der Waals surface area contributed by atoms with Gasteiger partial charge >= 0.3 is 6.18 Å². The van der Waals surface area contributed by atoms with E-state index in [2.05, 4.69) is 5.32 Å². The summed E-state index contributed by atoms with van der Waals surface area (Å²) in [5, 5.41) is 2.70. The first-order chi connectivity index (χ1) is 9.27. The number of halogens is 5. The first-order valence-corrected chi connectivity index (χ1v) is 5.84. The molecule has 0 spiro atoms. The maximum absolute atomic E-state index is 13.6. The minimum atomic E-state index is -4.55. The van der Waals surface area contributed by atoms with Crippen LogP contribution in [0, 0.1) is 5.82 Å². The quantitative estimate of drug-likeness (QED) is 0.616. The van der Waals surface area contributed by atoms with Gasteiger partial charge in [-0.15, -0.1) is 0 Å². The molecular formula is C13H9ClF4N2. The molecule has 0 aromatic heterocycles. The SMILES string of the molecule is Nc1ccc(Nc2cc(C(F)(F)F)ccc2F)c(Cl)c1. The molecule has 2 rings (SSSR count). The predicted octanol–water partition coefficient (Wildman–Crippen LogP) is 4.82. The smallest absolute Gasteiger partial charge is 0.399 e. The molecule has 3 N–H and O–H groups in total. The van der Waals surface area contributed by atoms with Crippen molar-refractivity contribution in [1.29, 1.82) is 0 Å². The lowest BCUT2D eigenvalue weighted by Crippen LogP contribution is -2.06. The van der Waals surface area contributed by atoms with E-state index in [1.807, 2.05) is 0 Å². The molecule has 2 nitrogen and oxygen atoms in total. The van der Waals surface area contributed by atoms with Gasteiger partial charge in [-0.1, -0.05) is 11.6 Å². The highest BCUT2D eigenvalue weighted by molar-refractivity contribution is 6.33. The highest BCUT2D eigenvalue weighted by atomic mass is 35.5. The molecule has 0 bridgehead atoms. The number of rotatable bonds is 2.